The summed E-state index contributed by atoms with van der Waals surface area (Å²) >= 11 is 0. The van der Waals surface area contributed by atoms with Gasteiger partial charge in [-0.05, 0) is 50.4 Å². The first-order chi connectivity index (χ1) is 9.60. The summed E-state index contributed by atoms with van der Waals surface area (Å²) in [5, 5.41) is 2.94. The number of nitrogens with one attached hydrogen (secondary N) is 1. The molecule has 1 unspecified atom stereocenters. The van der Waals surface area contributed by atoms with Gasteiger partial charge >= 0.3 is 0 Å². The van der Waals surface area contributed by atoms with Gasteiger partial charge in [-0.1, -0.05) is 19.4 Å². The molecule has 1 aromatic carbocycles. The third-order valence-electron chi connectivity index (χ3n) is 4.13. The van der Waals surface area contributed by atoms with Crippen molar-refractivity contribution in [2.45, 2.75) is 45.6 Å². The Bertz CT molecular complexity index is 473. The maximum atomic E-state index is 12.1. The highest BCUT2D eigenvalue weighted by atomic mass is 16.2. The predicted molar refractivity (Wildman–Crippen MR) is 83.7 cm³/mol. The third-order valence-corrected chi connectivity index (χ3v) is 4.13. The maximum Gasteiger partial charge on any atom is 0.238 e. The molecule has 1 aliphatic heterocycles. The minimum absolute atomic E-state index is 0.0496. The SMILES string of the molecule is CCC1CCCCN1CC(=O)Nc1ccc(C)c(N)c1. The monoisotopic (exact) mass is 275 g/mol. The molecule has 1 fully saturated rings. The summed E-state index contributed by atoms with van der Waals surface area (Å²) in [6.45, 7) is 5.66. The number of hydrogen-bond acceptors (Lipinski definition) is 3. The second-order valence-corrected chi connectivity index (χ2v) is 5.65. The molecule has 2 rings (SSSR count). The van der Waals surface area contributed by atoms with Gasteiger partial charge in [0.05, 0.1) is 6.54 Å². The second kappa shape index (κ2) is 6.75. The van der Waals surface area contributed by atoms with E-state index < -0.39 is 0 Å². The summed E-state index contributed by atoms with van der Waals surface area (Å²) in [7, 11) is 0. The number of nitrogens with zero attached hydrogens (tertiary/aromatic N) is 1. The van der Waals surface area contributed by atoms with Crippen LogP contribution in [-0.2, 0) is 4.79 Å². The van der Waals surface area contributed by atoms with Crippen LogP contribution in [0.3, 0.4) is 0 Å². The number of carbonyl (C=O) groups is 1. The van der Waals surface area contributed by atoms with Crippen LogP contribution >= 0.6 is 0 Å². The predicted octanol–water partition coefficient (Wildman–Crippen LogP) is 2.78. The van der Waals surface area contributed by atoms with Crippen molar-refractivity contribution in [1.82, 2.24) is 4.90 Å². The fourth-order valence-corrected chi connectivity index (χ4v) is 2.83. The number of likely N-dealkylation sites (tertiary alicyclic amines) is 1. The molecule has 0 spiro atoms. The van der Waals surface area contributed by atoms with Gasteiger partial charge in [0.1, 0.15) is 0 Å². The van der Waals surface area contributed by atoms with Crippen molar-refractivity contribution in [1.29, 1.82) is 0 Å². The molecule has 0 aromatic heterocycles. The van der Waals surface area contributed by atoms with E-state index in [-0.39, 0.29) is 5.91 Å². The van der Waals surface area contributed by atoms with E-state index >= 15 is 0 Å². The first kappa shape index (κ1) is 14.9. The molecule has 4 nitrogen and oxygen atoms in total. The lowest BCUT2D eigenvalue weighted by Crippen LogP contribution is -2.43. The van der Waals surface area contributed by atoms with Gasteiger partial charge in [-0.2, -0.15) is 0 Å². The number of aryl methyl sites for hydroxylation is 1. The largest absolute Gasteiger partial charge is 0.398 e. The van der Waals surface area contributed by atoms with Crippen LogP contribution < -0.4 is 11.1 Å². The molecule has 0 aliphatic carbocycles. The molecule has 1 heterocycles. The van der Waals surface area contributed by atoms with Crippen LogP contribution in [0.25, 0.3) is 0 Å². The molecule has 1 aliphatic rings. The molecule has 1 amide bonds. The molecule has 1 saturated heterocycles. The van der Waals surface area contributed by atoms with Crippen LogP contribution in [-0.4, -0.2) is 29.9 Å². The van der Waals surface area contributed by atoms with E-state index in [0.717, 1.165) is 24.2 Å². The Hall–Kier alpha value is -1.55. The molecular formula is C16H25N3O. The van der Waals surface area contributed by atoms with Crippen LogP contribution in [0.4, 0.5) is 11.4 Å². The molecule has 1 atom stereocenters. The molecule has 20 heavy (non-hydrogen) atoms. The average molecular weight is 275 g/mol. The van der Waals surface area contributed by atoms with Crippen LogP contribution in [0.2, 0.25) is 0 Å². The number of hydrogen-bond donors (Lipinski definition) is 2. The van der Waals surface area contributed by atoms with Gasteiger partial charge in [0.2, 0.25) is 5.91 Å². The van der Waals surface area contributed by atoms with Gasteiger partial charge in [0.25, 0.3) is 0 Å². The summed E-state index contributed by atoms with van der Waals surface area (Å²) in [6.07, 6.45) is 4.80. The summed E-state index contributed by atoms with van der Waals surface area (Å²) in [5.41, 5.74) is 8.39. The van der Waals surface area contributed by atoms with E-state index in [0.29, 0.717) is 18.3 Å². The quantitative estimate of drug-likeness (QED) is 0.831. The van der Waals surface area contributed by atoms with Crippen LogP contribution in [0, 0.1) is 6.92 Å². The zero-order chi connectivity index (χ0) is 14.5. The zero-order valence-electron chi connectivity index (χ0n) is 12.5. The molecule has 0 radical (unpaired) electrons. The van der Waals surface area contributed by atoms with Crippen molar-refractivity contribution in [3.05, 3.63) is 23.8 Å². The Morgan fingerprint density at radius 2 is 2.25 bits per heavy atom. The number of benzene rings is 1. The molecule has 0 saturated carbocycles. The fourth-order valence-electron chi connectivity index (χ4n) is 2.83. The van der Waals surface area contributed by atoms with E-state index in [1.165, 1.54) is 19.3 Å². The number of carbonyl (C=O) groups excluding carboxylic acids is 1. The number of anilines is 2. The second-order valence-electron chi connectivity index (χ2n) is 5.65. The number of rotatable bonds is 4. The van der Waals surface area contributed by atoms with Crippen LogP contribution in [0.15, 0.2) is 18.2 Å². The highest BCUT2D eigenvalue weighted by Crippen LogP contribution is 2.20. The molecule has 4 heteroatoms. The Kier molecular flexibility index (Phi) is 5.01. The van der Waals surface area contributed by atoms with E-state index in [2.05, 4.69) is 17.1 Å². The standard InChI is InChI=1S/C16H25N3O/c1-3-14-6-4-5-9-19(14)11-16(20)18-13-8-7-12(2)15(17)10-13/h7-8,10,14H,3-6,9,11,17H2,1-2H3,(H,18,20). The number of piperidine rings is 1. The Morgan fingerprint density at radius 1 is 1.45 bits per heavy atom. The van der Waals surface area contributed by atoms with E-state index in [9.17, 15) is 4.79 Å². The van der Waals surface area contributed by atoms with E-state index in [4.69, 9.17) is 5.73 Å². The Labute approximate surface area is 121 Å². The zero-order valence-corrected chi connectivity index (χ0v) is 12.5. The van der Waals surface area contributed by atoms with Gasteiger partial charge in [0, 0.05) is 17.4 Å². The summed E-state index contributed by atoms with van der Waals surface area (Å²) in [5.74, 6) is 0.0496. The highest BCUT2D eigenvalue weighted by Gasteiger charge is 2.22. The lowest BCUT2D eigenvalue weighted by atomic mass is 10.00. The van der Waals surface area contributed by atoms with E-state index in [1.54, 1.807) is 0 Å². The maximum absolute atomic E-state index is 12.1. The first-order valence-electron chi connectivity index (χ1n) is 7.50. The summed E-state index contributed by atoms with van der Waals surface area (Å²) in [6, 6.07) is 6.20. The van der Waals surface area contributed by atoms with Crippen molar-refractivity contribution < 1.29 is 4.79 Å². The van der Waals surface area contributed by atoms with Gasteiger partial charge in [0.15, 0.2) is 0 Å². The summed E-state index contributed by atoms with van der Waals surface area (Å²) in [4.78, 5) is 14.4. The molecular weight excluding hydrogens is 250 g/mol. The Balaban J connectivity index is 1.92. The molecule has 3 N–H and O–H groups in total. The average Bonchev–Trinajstić information content (AvgIpc) is 2.43. The minimum Gasteiger partial charge on any atom is -0.398 e. The van der Waals surface area contributed by atoms with Crippen molar-refractivity contribution in [2.24, 2.45) is 0 Å². The highest BCUT2D eigenvalue weighted by molar-refractivity contribution is 5.92. The number of nitrogens with two attached hydrogens (primary N) is 1. The molecule has 1 aromatic rings. The fraction of sp³-hybridized carbons (Fsp3) is 0.562. The minimum atomic E-state index is 0.0496. The Morgan fingerprint density at radius 3 is 2.95 bits per heavy atom. The van der Waals surface area contributed by atoms with Crippen molar-refractivity contribution in [3.63, 3.8) is 0 Å². The number of nitrogen functional groups attached to an aromatic ring is 1. The van der Waals surface area contributed by atoms with Gasteiger partial charge in [-0.3, -0.25) is 9.69 Å². The lowest BCUT2D eigenvalue weighted by molar-refractivity contribution is -0.118. The summed E-state index contributed by atoms with van der Waals surface area (Å²) < 4.78 is 0. The van der Waals surface area contributed by atoms with Crippen molar-refractivity contribution in [2.75, 3.05) is 24.1 Å². The van der Waals surface area contributed by atoms with E-state index in [1.807, 2.05) is 25.1 Å². The number of amides is 1. The molecule has 0 bridgehead atoms. The third kappa shape index (κ3) is 3.73. The van der Waals surface area contributed by atoms with Crippen LogP contribution in [0.5, 0.6) is 0 Å². The molecule has 110 valence electrons. The normalized spacial score (nSPS) is 19.8. The lowest BCUT2D eigenvalue weighted by Gasteiger charge is -2.34. The van der Waals surface area contributed by atoms with Gasteiger partial charge < -0.3 is 11.1 Å². The van der Waals surface area contributed by atoms with Gasteiger partial charge in [-0.15, -0.1) is 0 Å². The van der Waals surface area contributed by atoms with Crippen molar-refractivity contribution in [3.8, 4) is 0 Å². The topological polar surface area (TPSA) is 58.4 Å². The van der Waals surface area contributed by atoms with Gasteiger partial charge in [-0.25, -0.2) is 0 Å². The van der Waals surface area contributed by atoms with Crippen LogP contribution in [0.1, 0.15) is 38.2 Å². The van der Waals surface area contributed by atoms with Crippen molar-refractivity contribution >= 4 is 17.3 Å². The first-order valence-corrected chi connectivity index (χ1v) is 7.50. The smallest absolute Gasteiger partial charge is 0.238 e.